The third kappa shape index (κ3) is 1.81. The molecule has 1 aliphatic carbocycles. The van der Waals surface area contributed by atoms with Gasteiger partial charge in [-0.25, -0.2) is 4.98 Å². The topological polar surface area (TPSA) is 25.8 Å². The molecule has 0 aliphatic heterocycles. The van der Waals surface area contributed by atoms with Crippen molar-refractivity contribution in [2.45, 2.75) is 18.8 Å². The summed E-state index contributed by atoms with van der Waals surface area (Å²) in [5.41, 5.74) is 3.22. The molecule has 16 heavy (non-hydrogen) atoms. The first-order chi connectivity index (χ1) is 7.84. The normalized spacial score (nSPS) is 15.1. The highest BCUT2D eigenvalue weighted by Gasteiger charge is 2.23. The molecule has 0 radical (unpaired) electrons. The molecule has 0 N–H and O–H groups in total. The molecular weight excluding hydrogens is 220 g/mol. The second kappa shape index (κ2) is 3.87. The van der Waals surface area contributed by atoms with Crippen LogP contribution in [0, 0.1) is 0 Å². The number of halogens is 1. The van der Waals surface area contributed by atoms with Gasteiger partial charge in [0.1, 0.15) is 5.69 Å². The highest BCUT2D eigenvalue weighted by molar-refractivity contribution is 6.31. The van der Waals surface area contributed by atoms with Crippen LogP contribution in [0.25, 0.3) is 11.3 Å². The van der Waals surface area contributed by atoms with Crippen molar-refractivity contribution < 1.29 is 0 Å². The lowest BCUT2D eigenvalue weighted by atomic mass is 10.1. The summed E-state index contributed by atoms with van der Waals surface area (Å²) in [6.45, 7) is 0. The third-order valence-electron chi connectivity index (χ3n) is 2.86. The van der Waals surface area contributed by atoms with Crippen LogP contribution in [-0.2, 0) is 0 Å². The lowest BCUT2D eigenvalue weighted by Gasteiger charge is -2.04. The zero-order valence-electron chi connectivity index (χ0n) is 8.73. The summed E-state index contributed by atoms with van der Waals surface area (Å²) >= 11 is 6.03. The number of nitrogens with zero attached hydrogens (tertiary/aromatic N) is 2. The lowest BCUT2D eigenvalue weighted by molar-refractivity contribution is 1.13. The predicted molar refractivity (Wildman–Crippen MR) is 64.5 cm³/mol. The van der Waals surface area contributed by atoms with Gasteiger partial charge >= 0.3 is 0 Å². The van der Waals surface area contributed by atoms with Gasteiger partial charge in [-0.2, -0.15) is 0 Å². The minimum Gasteiger partial charge on any atom is -0.251 e. The minimum atomic E-state index is 0.468. The second-order valence-electron chi connectivity index (χ2n) is 4.10. The fourth-order valence-electron chi connectivity index (χ4n) is 1.87. The van der Waals surface area contributed by atoms with E-state index in [0.29, 0.717) is 5.15 Å². The Labute approximate surface area is 99.3 Å². The van der Waals surface area contributed by atoms with E-state index in [2.05, 4.69) is 28.2 Å². The van der Waals surface area contributed by atoms with E-state index < -0.39 is 0 Å². The van der Waals surface area contributed by atoms with E-state index in [4.69, 9.17) is 11.6 Å². The molecule has 80 valence electrons. The molecule has 0 saturated heterocycles. The van der Waals surface area contributed by atoms with Gasteiger partial charge in [-0.1, -0.05) is 29.8 Å². The van der Waals surface area contributed by atoms with Crippen molar-refractivity contribution in [2.75, 3.05) is 0 Å². The first-order valence-corrected chi connectivity index (χ1v) is 5.79. The van der Waals surface area contributed by atoms with Crippen LogP contribution in [0.15, 0.2) is 36.7 Å². The Kier molecular flexibility index (Phi) is 2.37. The van der Waals surface area contributed by atoms with E-state index in [-0.39, 0.29) is 0 Å². The Morgan fingerprint density at radius 2 is 1.94 bits per heavy atom. The van der Waals surface area contributed by atoms with E-state index in [0.717, 1.165) is 17.2 Å². The monoisotopic (exact) mass is 230 g/mol. The van der Waals surface area contributed by atoms with Crippen LogP contribution in [-0.4, -0.2) is 9.97 Å². The van der Waals surface area contributed by atoms with Gasteiger partial charge in [0.15, 0.2) is 5.15 Å². The van der Waals surface area contributed by atoms with Crippen LogP contribution in [0.3, 0.4) is 0 Å². The maximum absolute atomic E-state index is 6.03. The quantitative estimate of drug-likeness (QED) is 0.787. The van der Waals surface area contributed by atoms with Crippen LogP contribution < -0.4 is 0 Å². The number of aromatic nitrogens is 2. The predicted octanol–water partition coefficient (Wildman–Crippen LogP) is 3.67. The van der Waals surface area contributed by atoms with Crippen molar-refractivity contribution in [3.8, 4) is 11.3 Å². The number of hydrogen-bond donors (Lipinski definition) is 0. The standard InChI is InChI=1S/C13H11ClN2/c14-13-12(15-6-7-16-13)11-3-1-2-10(8-11)9-4-5-9/h1-3,6-9H,4-5H2. The molecule has 0 atom stereocenters. The Bertz CT molecular complexity index is 521. The molecule has 3 rings (SSSR count). The molecule has 0 bridgehead atoms. The highest BCUT2D eigenvalue weighted by Crippen LogP contribution is 2.41. The molecule has 0 unspecified atom stereocenters. The molecule has 1 aromatic heterocycles. The molecule has 1 fully saturated rings. The fraction of sp³-hybridized carbons (Fsp3) is 0.231. The largest absolute Gasteiger partial charge is 0.251 e. The summed E-state index contributed by atoms with van der Waals surface area (Å²) in [6.07, 6.45) is 5.89. The molecule has 1 aliphatic rings. The van der Waals surface area contributed by atoms with Crippen molar-refractivity contribution in [1.29, 1.82) is 0 Å². The highest BCUT2D eigenvalue weighted by atomic mass is 35.5. The SMILES string of the molecule is Clc1nccnc1-c1cccc(C2CC2)c1. The summed E-state index contributed by atoms with van der Waals surface area (Å²) in [7, 11) is 0. The van der Waals surface area contributed by atoms with E-state index in [1.807, 2.05) is 6.07 Å². The Morgan fingerprint density at radius 1 is 1.12 bits per heavy atom. The number of benzene rings is 1. The van der Waals surface area contributed by atoms with Gasteiger partial charge in [-0.15, -0.1) is 0 Å². The van der Waals surface area contributed by atoms with Gasteiger partial charge in [0, 0.05) is 18.0 Å². The summed E-state index contributed by atoms with van der Waals surface area (Å²) in [5.74, 6) is 0.746. The number of rotatable bonds is 2. The average molecular weight is 231 g/mol. The van der Waals surface area contributed by atoms with Crippen LogP contribution >= 0.6 is 11.6 Å². The smallest absolute Gasteiger partial charge is 0.155 e. The van der Waals surface area contributed by atoms with E-state index in [1.54, 1.807) is 12.4 Å². The van der Waals surface area contributed by atoms with Crippen LogP contribution in [0.2, 0.25) is 5.15 Å². The van der Waals surface area contributed by atoms with Gasteiger partial charge in [-0.3, -0.25) is 4.98 Å². The summed E-state index contributed by atoms with van der Waals surface area (Å²) in [6, 6.07) is 8.44. The zero-order valence-corrected chi connectivity index (χ0v) is 9.48. The zero-order chi connectivity index (χ0) is 11.0. The van der Waals surface area contributed by atoms with E-state index >= 15 is 0 Å². The molecule has 3 heteroatoms. The van der Waals surface area contributed by atoms with Crippen molar-refractivity contribution in [2.24, 2.45) is 0 Å². The fourth-order valence-corrected chi connectivity index (χ4v) is 2.09. The second-order valence-corrected chi connectivity index (χ2v) is 4.45. The van der Waals surface area contributed by atoms with Crippen molar-refractivity contribution in [3.63, 3.8) is 0 Å². The van der Waals surface area contributed by atoms with E-state index in [9.17, 15) is 0 Å². The van der Waals surface area contributed by atoms with Crippen molar-refractivity contribution in [3.05, 3.63) is 47.4 Å². The maximum Gasteiger partial charge on any atom is 0.155 e. The summed E-state index contributed by atoms with van der Waals surface area (Å²) < 4.78 is 0. The van der Waals surface area contributed by atoms with Gasteiger partial charge < -0.3 is 0 Å². The van der Waals surface area contributed by atoms with Gasteiger partial charge in [0.2, 0.25) is 0 Å². The maximum atomic E-state index is 6.03. The Morgan fingerprint density at radius 3 is 2.69 bits per heavy atom. The number of hydrogen-bond acceptors (Lipinski definition) is 2. The molecule has 1 aromatic carbocycles. The van der Waals surface area contributed by atoms with Crippen LogP contribution in [0.5, 0.6) is 0 Å². The lowest BCUT2D eigenvalue weighted by Crippen LogP contribution is -1.88. The molecule has 2 nitrogen and oxygen atoms in total. The van der Waals surface area contributed by atoms with Crippen LogP contribution in [0.1, 0.15) is 24.3 Å². The molecule has 0 amide bonds. The van der Waals surface area contributed by atoms with Gasteiger partial charge in [-0.05, 0) is 30.4 Å². The molecule has 2 aromatic rings. The molecule has 0 spiro atoms. The molecule has 1 saturated carbocycles. The van der Waals surface area contributed by atoms with Gasteiger partial charge in [0.25, 0.3) is 0 Å². The summed E-state index contributed by atoms with van der Waals surface area (Å²) in [4.78, 5) is 8.32. The Balaban J connectivity index is 2.05. The molecular formula is C13H11ClN2. The Hall–Kier alpha value is -1.41. The third-order valence-corrected chi connectivity index (χ3v) is 3.14. The van der Waals surface area contributed by atoms with Crippen LogP contribution in [0.4, 0.5) is 0 Å². The minimum absolute atomic E-state index is 0.468. The molecule has 1 heterocycles. The van der Waals surface area contributed by atoms with Gasteiger partial charge in [0.05, 0.1) is 0 Å². The first-order valence-electron chi connectivity index (χ1n) is 5.41. The van der Waals surface area contributed by atoms with E-state index in [1.165, 1.54) is 18.4 Å². The first kappa shape index (κ1) is 9.79. The van der Waals surface area contributed by atoms with Crippen molar-refractivity contribution in [1.82, 2.24) is 9.97 Å². The van der Waals surface area contributed by atoms with Crippen molar-refractivity contribution >= 4 is 11.6 Å². The summed E-state index contributed by atoms with van der Waals surface area (Å²) in [5, 5.41) is 0.468. The average Bonchev–Trinajstić information content (AvgIpc) is 3.14.